The summed E-state index contributed by atoms with van der Waals surface area (Å²) in [5.41, 5.74) is 6.81. The predicted molar refractivity (Wildman–Crippen MR) is 105 cm³/mol. The molecule has 1 heterocycles. The average molecular weight is 388 g/mol. The van der Waals surface area contributed by atoms with Gasteiger partial charge in [0.25, 0.3) is 5.91 Å². The van der Waals surface area contributed by atoms with Crippen LogP contribution in [-0.4, -0.2) is 31.7 Å². The molecule has 7 heteroatoms. The highest BCUT2D eigenvalue weighted by molar-refractivity contribution is 6.31. The number of amides is 3. The summed E-state index contributed by atoms with van der Waals surface area (Å²) in [5.74, 6) is -0.221. The van der Waals surface area contributed by atoms with Gasteiger partial charge in [0.1, 0.15) is 0 Å². The first-order valence-electron chi connectivity index (χ1n) is 8.78. The van der Waals surface area contributed by atoms with E-state index in [0.29, 0.717) is 36.0 Å². The molecule has 1 aliphatic heterocycles. The van der Waals surface area contributed by atoms with E-state index in [-0.39, 0.29) is 11.3 Å². The Labute approximate surface area is 163 Å². The van der Waals surface area contributed by atoms with Crippen LogP contribution in [0.15, 0.2) is 48.5 Å². The Morgan fingerprint density at radius 1 is 1.11 bits per heavy atom. The summed E-state index contributed by atoms with van der Waals surface area (Å²) in [4.78, 5) is 23.7. The molecule has 6 nitrogen and oxygen atoms in total. The summed E-state index contributed by atoms with van der Waals surface area (Å²) in [6, 6.07) is 13.7. The van der Waals surface area contributed by atoms with Crippen molar-refractivity contribution in [2.24, 2.45) is 5.73 Å². The third kappa shape index (κ3) is 4.59. The van der Waals surface area contributed by atoms with Crippen LogP contribution in [0.3, 0.4) is 0 Å². The summed E-state index contributed by atoms with van der Waals surface area (Å²) in [6.07, 6.45) is 1.56. The molecule has 0 radical (unpaired) electrons. The first-order valence-corrected chi connectivity index (χ1v) is 9.15. The van der Waals surface area contributed by atoms with Crippen LogP contribution in [0, 0.1) is 0 Å². The minimum absolute atomic E-state index is 0.221. The summed E-state index contributed by atoms with van der Waals surface area (Å²) < 4.78 is 5.52. The van der Waals surface area contributed by atoms with Crippen LogP contribution in [0.2, 0.25) is 5.02 Å². The number of hydrogen-bond acceptors (Lipinski definition) is 3. The van der Waals surface area contributed by atoms with Crippen molar-refractivity contribution in [3.8, 4) is 0 Å². The Balaban J connectivity index is 1.77. The lowest BCUT2D eigenvalue weighted by molar-refractivity contribution is 0.0487. The molecule has 0 unspecified atom stereocenters. The minimum atomic E-state index is -0.674. The molecule has 3 rings (SSSR count). The van der Waals surface area contributed by atoms with Crippen molar-refractivity contribution in [2.45, 2.75) is 18.3 Å². The van der Waals surface area contributed by atoms with Crippen molar-refractivity contribution >= 4 is 29.2 Å². The van der Waals surface area contributed by atoms with E-state index < -0.39 is 6.03 Å². The van der Waals surface area contributed by atoms with Gasteiger partial charge in [-0.1, -0.05) is 35.9 Å². The molecule has 1 saturated heterocycles. The number of carbonyl (C=O) groups is 2. The third-order valence-electron chi connectivity index (χ3n) is 4.87. The minimum Gasteiger partial charge on any atom is -0.381 e. The molecule has 2 aromatic carbocycles. The van der Waals surface area contributed by atoms with Gasteiger partial charge >= 0.3 is 6.03 Å². The molecular formula is C20H22ClN3O3. The zero-order valence-corrected chi connectivity index (χ0v) is 15.6. The van der Waals surface area contributed by atoms with Crippen LogP contribution in [0.5, 0.6) is 0 Å². The predicted octanol–water partition coefficient (Wildman–Crippen LogP) is 3.31. The molecule has 0 saturated carbocycles. The molecule has 27 heavy (non-hydrogen) atoms. The number of anilines is 1. The monoisotopic (exact) mass is 387 g/mol. The van der Waals surface area contributed by atoms with Gasteiger partial charge in [0.2, 0.25) is 0 Å². The van der Waals surface area contributed by atoms with Crippen molar-refractivity contribution < 1.29 is 14.3 Å². The van der Waals surface area contributed by atoms with Gasteiger partial charge in [-0.15, -0.1) is 0 Å². The van der Waals surface area contributed by atoms with Crippen LogP contribution in [0.1, 0.15) is 28.8 Å². The number of ether oxygens (including phenoxy) is 1. The molecule has 1 aliphatic rings. The van der Waals surface area contributed by atoms with E-state index in [1.807, 2.05) is 24.3 Å². The van der Waals surface area contributed by atoms with Crippen LogP contribution in [0.4, 0.5) is 10.5 Å². The topological polar surface area (TPSA) is 93.5 Å². The van der Waals surface area contributed by atoms with E-state index in [9.17, 15) is 9.59 Å². The van der Waals surface area contributed by atoms with Gasteiger partial charge in [-0.2, -0.15) is 0 Å². The first kappa shape index (κ1) is 19.2. The molecule has 0 spiro atoms. The summed E-state index contributed by atoms with van der Waals surface area (Å²) >= 11 is 6.44. The smallest absolute Gasteiger partial charge is 0.316 e. The molecule has 4 N–H and O–H groups in total. The highest BCUT2D eigenvalue weighted by Gasteiger charge is 2.36. The fourth-order valence-corrected chi connectivity index (χ4v) is 3.76. The Morgan fingerprint density at radius 2 is 1.85 bits per heavy atom. The molecule has 0 aromatic heterocycles. The number of nitrogens with two attached hydrogens (primary N) is 1. The summed E-state index contributed by atoms with van der Waals surface area (Å²) in [6.45, 7) is 1.70. The standard InChI is InChI=1S/C20H22ClN3O3/c21-17-7-2-1-6-16(17)20(8-10-27-11-9-20)13-23-18(25)14-4-3-5-15(12-14)24-19(22)26/h1-7,12H,8-11,13H2,(H,23,25)(H3,22,24,26). The van der Waals surface area contributed by atoms with E-state index in [1.54, 1.807) is 24.3 Å². The number of halogens is 1. The van der Waals surface area contributed by atoms with Gasteiger partial charge in [0, 0.05) is 41.4 Å². The van der Waals surface area contributed by atoms with Gasteiger partial charge in [0.05, 0.1) is 0 Å². The second-order valence-electron chi connectivity index (χ2n) is 6.63. The molecule has 0 atom stereocenters. The molecule has 1 fully saturated rings. The number of hydrogen-bond donors (Lipinski definition) is 3. The SMILES string of the molecule is NC(=O)Nc1cccc(C(=O)NCC2(c3ccccc3Cl)CCOCC2)c1. The normalized spacial score (nSPS) is 15.7. The largest absolute Gasteiger partial charge is 0.381 e. The zero-order chi connectivity index (χ0) is 19.3. The second kappa shape index (κ2) is 8.41. The third-order valence-corrected chi connectivity index (χ3v) is 5.20. The maximum atomic E-state index is 12.7. The Morgan fingerprint density at radius 3 is 2.56 bits per heavy atom. The molecule has 2 aromatic rings. The highest BCUT2D eigenvalue weighted by atomic mass is 35.5. The number of rotatable bonds is 5. The number of primary amides is 1. The molecular weight excluding hydrogens is 366 g/mol. The van der Waals surface area contributed by atoms with Crippen LogP contribution in [-0.2, 0) is 10.2 Å². The molecule has 142 valence electrons. The number of urea groups is 1. The van der Waals surface area contributed by atoms with E-state index in [1.165, 1.54) is 0 Å². The van der Waals surface area contributed by atoms with Gasteiger partial charge < -0.3 is 21.1 Å². The summed E-state index contributed by atoms with van der Waals surface area (Å²) in [5, 5.41) is 6.19. The first-order chi connectivity index (χ1) is 13.0. The lowest BCUT2D eigenvalue weighted by Crippen LogP contribution is -2.44. The van der Waals surface area contributed by atoms with Gasteiger partial charge in [-0.25, -0.2) is 4.79 Å². The number of nitrogens with one attached hydrogen (secondary N) is 2. The zero-order valence-electron chi connectivity index (χ0n) is 14.8. The van der Waals surface area contributed by atoms with Gasteiger partial charge in [-0.05, 0) is 42.7 Å². The Hall–Kier alpha value is -2.57. The lowest BCUT2D eigenvalue weighted by Gasteiger charge is -2.38. The van der Waals surface area contributed by atoms with Crippen molar-refractivity contribution in [1.29, 1.82) is 0 Å². The van der Waals surface area contributed by atoms with E-state index in [0.717, 1.165) is 18.4 Å². The maximum Gasteiger partial charge on any atom is 0.316 e. The quantitative estimate of drug-likeness (QED) is 0.734. The van der Waals surface area contributed by atoms with Gasteiger partial charge in [-0.3, -0.25) is 4.79 Å². The van der Waals surface area contributed by atoms with Crippen molar-refractivity contribution in [3.05, 3.63) is 64.7 Å². The Kier molecular flexibility index (Phi) is 5.98. The fourth-order valence-electron chi connectivity index (χ4n) is 3.43. The maximum absolute atomic E-state index is 12.7. The van der Waals surface area contributed by atoms with Crippen LogP contribution >= 0.6 is 11.6 Å². The Bertz CT molecular complexity index is 835. The second-order valence-corrected chi connectivity index (χ2v) is 7.03. The number of benzene rings is 2. The molecule has 3 amide bonds. The van der Waals surface area contributed by atoms with Crippen molar-refractivity contribution in [3.63, 3.8) is 0 Å². The molecule has 0 aliphatic carbocycles. The highest BCUT2D eigenvalue weighted by Crippen LogP contribution is 2.38. The molecule has 0 bridgehead atoms. The van der Waals surface area contributed by atoms with Crippen LogP contribution in [0.25, 0.3) is 0 Å². The lowest BCUT2D eigenvalue weighted by atomic mass is 9.74. The van der Waals surface area contributed by atoms with E-state index >= 15 is 0 Å². The van der Waals surface area contributed by atoms with E-state index in [2.05, 4.69) is 10.6 Å². The summed E-state index contributed by atoms with van der Waals surface area (Å²) in [7, 11) is 0. The van der Waals surface area contributed by atoms with Crippen molar-refractivity contribution in [2.75, 3.05) is 25.1 Å². The average Bonchev–Trinajstić information content (AvgIpc) is 2.67. The number of carbonyl (C=O) groups excluding carboxylic acids is 2. The van der Waals surface area contributed by atoms with E-state index in [4.69, 9.17) is 22.1 Å². The van der Waals surface area contributed by atoms with Gasteiger partial charge in [0.15, 0.2) is 0 Å². The fraction of sp³-hybridized carbons (Fsp3) is 0.300. The van der Waals surface area contributed by atoms with Crippen LogP contribution < -0.4 is 16.4 Å². The van der Waals surface area contributed by atoms with Crippen molar-refractivity contribution in [1.82, 2.24) is 5.32 Å².